The highest BCUT2D eigenvalue weighted by Crippen LogP contribution is 2.30. The summed E-state index contributed by atoms with van der Waals surface area (Å²) in [4.78, 5) is 13.8. The smallest absolute Gasteiger partial charge is 0.148 e. The molecule has 3 heterocycles. The molecule has 4 N–H and O–H groups in total. The molecule has 30 heavy (non-hydrogen) atoms. The van der Waals surface area contributed by atoms with Crippen molar-refractivity contribution in [1.29, 1.82) is 0 Å². The SMILES string of the molecule is Cc1ncc(-c2cc(N[C@H]3CC[C@H](N)CC3)ncc2Cl)nc1NCC1CCOCC1. The molecule has 4 rings (SSSR count). The molecule has 2 aliphatic rings. The van der Waals surface area contributed by atoms with Crippen LogP contribution in [0.25, 0.3) is 11.3 Å². The zero-order valence-corrected chi connectivity index (χ0v) is 18.3. The Morgan fingerprint density at radius 2 is 1.87 bits per heavy atom. The number of rotatable bonds is 6. The number of hydrogen-bond acceptors (Lipinski definition) is 7. The lowest BCUT2D eigenvalue weighted by atomic mass is 9.92. The Hall–Kier alpha value is -1.96. The van der Waals surface area contributed by atoms with Crippen LogP contribution in [0.3, 0.4) is 0 Å². The second-order valence-electron chi connectivity index (χ2n) is 8.43. The molecule has 1 aliphatic carbocycles. The Morgan fingerprint density at radius 3 is 2.63 bits per heavy atom. The maximum Gasteiger partial charge on any atom is 0.148 e. The fourth-order valence-electron chi connectivity index (χ4n) is 4.12. The van der Waals surface area contributed by atoms with E-state index in [0.717, 1.165) is 86.9 Å². The Morgan fingerprint density at radius 1 is 1.10 bits per heavy atom. The topological polar surface area (TPSA) is 98.0 Å². The Labute approximate surface area is 183 Å². The normalized spacial score (nSPS) is 22.6. The number of anilines is 2. The number of nitrogens with zero attached hydrogens (tertiary/aromatic N) is 3. The van der Waals surface area contributed by atoms with E-state index >= 15 is 0 Å². The number of nitrogens with two attached hydrogens (primary N) is 1. The van der Waals surface area contributed by atoms with Crippen LogP contribution < -0.4 is 16.4 Å². The van der Waals surface area contributed by atoms with E-state index in [2.05, 4.69) is 20.6 Å². The first-order chi connectivity index (χ1) is 14.6. The molecule has 0 radical (unpaired) electrons. The third-order valence-corrected chi connectivity index (χ3v) is 6.41. The summed E-state index contributed by atoms with van der Waals surface area (Å²) in [5, 5.41) is 7.58. The minimum atomic E-state index is 0.326. The van der Waals surface area contributed by atoms with E-state index in [1.165, 1.54) is 0 Å². The van der Waals surface area contributed by atoms with E-state index in [4.69, 9.17) is 27.1 Å². The first-order valence-electron chi connectivity index (χ1n) is 10.9. The van der Waals surface area contributed by atoms with E-state index in [1.54, 1.807) is 12.4 Å². The van der Waals surface area contributed by atoms with Crippen LogP contribution >= 0.6 is 11.6 Å². The molecule has 162 valence electrons. The van der Waals surface area contributed by atoms with Crippen molar-refractivity contribution in [1.82, 2.24) is 15.0 Å². The fraction of sp³-hybridized carbons (Fsp3) is 0.591. The Balaban J connectivity index is 1.48. The van der Waals surface area contributed by atoms with Gasteiger partial charge in [0.05, 0.1) is 22.6 Å². The second kappa shape index (κ2) is 9.90. The molecule has 7 nitrogen and oxygen atoms in total. The molecule has 0 spiro atoms. The molecule has 1 saturated heterocycles. The first-order valence-corrected chi connectivity index (χ1v) is 11.3. The summed E-state index contributed by atoms with van der Waals surface area (Å²) in [5.41, 5.74) is 8.49. The minimum absolute atomic E-state index is 0.326. The lowest BCUT2D eigenvalue weighted by molar-refractivity contribution is 0.0699. The predicted molar refractivity (Wildman–Crippen MR) is 121 cm³/mol. The van der Waals surface area contributed by atoms with Gasteiger partial charge < -0.3 is 21.1 Å². The molecule has 0 bridgehead atoms. The van der Waals surface area contributed by atoms with Gasteiger partial charge in [-0.15, -0.1) is 0 Å². The quantitative estimate of drug-likeness (QED) is 0.636. The predicted octanol–water partition coefficient (Wildman–Crippen LogP) is 4.02. The highest BCUT2D eigenvalue weighted by molar-refractivity contribution is 6.33. The molecule has 0 atom stereocenters. The van der Waals surface area contributed by atoms with Crippen molar-refractivity contribution in [3.63, 3.8) is 0 Å². The third-order valence-electron chi connectivity index (χ3n) is 6.11. The average molecular weight is 431 g/mol. The lowest BCUT2D eigenvalue weighted by Gasteiger charge is -2.27. The van der Waals surface area contributed by atoms with Gasteiger partial charge in [-0.2, -0.15) is 0 Å². The highest BCUT2D eigenvalue weighted by atomic mass is 35.5. The zero-order valence-electron chi connectivity index (χ0n) is 17.5. The molecular weight excluding hydrogens is 400 g/mol. The largest absolute Gasteiger partial charge is 0.381 e. The van der Waals surface area contributed by atoms with Crippen LogP contribution in [-0.4, -0.2) is 46.8 Å². The van der Waals surface area contributed by atoms with Gasteiger partial charge in [0.1, 0.15) is 11.6 Å². The zero-order chi connectivity index (χ0) is 20.9. The monoisotopic (exact) mass is 430 g/mol. The van der Waals surface area contributed by atoms with Crippen LogP contribution in [0.15, 0.2) is 18.5 Å². The first kappa shape index (κ1) is 21.3. The van der Waals surface area contributed by atoms with Crippen molar-refractivity contribution in [3.8, 4) is 11.3 Å². The van der Waals surface area contributed by atoms with Crippen LogP contribution in [0.2, 0.25) is 5.02 Å². The van der Waals surface area contributed by atoms with Crippen LogP contribution in [-0.2, 0) is 4.74 Å². The van der Waals surface area contributed by atoms with E-state index < -0.39 is 0 Å². The number of hydrogen-bond donors (Lipinski definition) is 3. The maximum absolute atomic E-state index is 6.47. The molecule has 2 fully saturated rings. The summed E-state index contributed by atoms with van der Waals surface area (Å²) in [6.07, 6.45) is 9.83. The van der Waals surface area contributed by atoms with Gasteiger partial charge in [-0.1, -0.05) is 11.6 Å². The molecule has 0 amide bonds. The summed E-state index contributed by atoms with van der Waals surface area (Å²) in [7, 11) is 0. The average Bonchev–Trinajstić information content (AvgIpc) is 2.77. The summed E-state index contributed by atoms with van der Waals surface area (Å²) >= 11 is 6.47. The summed E-state index contributed by atoms with van der Waals surface area (Å²) < 4.78 is 5.45. The number of aromatic nitrogens is 3. The van der Waals surface area contributed by atoms with Gasteiger partial charge in [0.15, 0.2) is 0 Å². The molecule has 0 unspecified atom stereocenters. The molecule has 1 aliphatic heterocycles. The van der Waals surface area contributed by atoms with Gasteiger partial charge in [-0.05, 0) is 57.4 Å². The molecule has 0 aromatic carbocycles. The standard InChI is InChI=1S/C22H31ClN6O/c1-14-22(27-11-15-6-8-30-9-7-15)29-20(13-25-14)18-10-21(26-12-19(18)23)28-17-4-2-16(24)3-5-17/h10,12-13,15-17H,2-9,11,24H2,1H3,(H,26,28)(H,27,29)/t16-,17-. The Bertz CT molecular complexity index is 850. The van der Waals surface area contributed by atoms with Crippen molar-refractivity contribution < 1.29 is 4.74 Å². The van der Waals surface area contributed by atoms with Gasteiger partial charge in [-0.25, -0.2) is 9.97 Å². The molecule has 8 heteroatoms. The Kier molecular flexibility index (Phi) is 7.02. The molecule has 2 aromatic heterocycles. The third kappa shape index (κ3) is 5.39. The van der Waals surface area contributed by atoms with Gasteiger partial charge in [0.2, 0.25) is 0 Å². The van der Waals surface area contributed by atoms with Gasteiger partial charge >= 0.3 is 0 Å². The van der Waals surface area contributed by atoms with Crippen molar-refractivity contribution in [2.45, 2.75) is 57.5 Å². The summed E-state index contributed by atoms with van der Waals surface area (Å²) in [6.45, 7) is 4.53. The van der Waals surface area contributed by atoms with Gasteiger partial charge in [-0.3, -0.25) is 4.98 Å². The van der Waals surface area contributed by atoms with E-state index in [1.807, 2.05) is 13.0 Å². The number of aryl methyl sites for hydroxylation is 1. The lowest BCUT2D eigenvalue weighted by Crippen LogP contribution is -2.33. The van der Waals surface area contributed by atoms with Crippen LogP contribution in [0, 0.1) is 12.8 Å². The van der Waals surface area contributed by atoms with Gasteiger partial charge in [0.25, 0.3) is 0 Å². The van der Waals surface area contributed by atoms with Crippen molar-refractivity contribution in [2.75, 3.05) is 30.4 Å². The number of pyridine rings is 1. The van der Waals surface area contributed by atoms with E-state index in [0.29, 0.717) is 23.0 Å². The summed E-state index contributed by atoms with van der Waals surface area (Å²) in [6, 6.07) is 2.69. The van der Waals surface area contributed by atoms with Crippen LogP contribution in [0.1, 0.15) is 44.2 Å². The highest BCUT2D eigenvalue weighted by Gasteiger charge is 2.20. The fourth-order valence-corrected chi connectivity index (χ4v) is 4.32. The number of nitrogens with one attached hydrogen (secondary N) is 2. The maximum atomic E-state index is 6.47. The van der Waals surface area contributed by atoms with Crippen molar-refractivity contribution in [3.05, 3.63) is 29.2 Å². The number of halogens is 1. The summed E-state index contributed by atoms with van der Waals surface area (Å²) in [5.74, 6) is 2.23. The van der Waals surface area contributed by atoms with Crippen molar-refractivity contribution in [2.24, 2.45) is 11.7 Å². The minimum Gasteiger partial charge on any atom is -0.381 e. The van der Waals surface area contributed by atoms with Crippen LogP contribution in [0.5, 0.6) is 0 Å². The molecule has 2 aromatic rings. The van der Waals surface area contributed by atoms with E-state index in [9.17, 15) is 0 Å². The van der Waals surface area contributed by atoms with Crippen LogP contribution in [0.4, 0.5) is 11.6 Å². The van der Waals surface area contributed by atoms with Gasteiger partial charge in [0, 0.05) is 43.6 Å². The molecular formula is C22H31ClN6O. The molecule has 1 saturated carbocycles. The number of ether oxygens (including phenoxy) is 1. The second-order valence-corrected chi connectivity index (χ2v) is 8.84. The van der Waals surface area contributed by atoms with Crippen molar-refractivity contribution >= 4 is 23.2 Å². The van der Waals surface area contributed by atoms with E-state index in [-0.39, 0.29) is 0 Å².